The molecule has 1 aliphatic rings. The molecular weight excluding hydrogens is 386 g/mol. The van der Waals surface area contributed by atoms with Crippen molar-refractivity contribution in [2.45, 2.75) is 34.2 Å². The van der Waals surface area contributed by atoms with Gasteiger partial charge < -0.3 is 14.8 Å². The van der Waals surface area contributed by atoms with Gasteiger partial charge in [-0.1, -0.05) is 34.3 Å². The maximum Gasteiger partial charge on any atom is 0.338 e. The van der Waals surface area contributed by atoms with Gasteiger partial charge in [0.2, 0.25) is 5.91 Å². The van der Waals surface area contributed by atoms with E-state index in [1.54, 1.807) is 20.8 Å². The fourth-order valence-electron chi connectivity index (χ4n) is 2.84. The van der Waals surface area contributed by atoms with Crippen LogP contribution < -0.4 is 5.32 Å². The Morgan fingerprint density at radius 2 is 1.79 bits per heavy atom. The zero-order valence-corrected chi connectivity index (χ0v) is 16.3. The number of nitrogens with zero attached hydrogens (tertiary/aromatic N) is 1. The van der Waals surface area contributed by atoms with Gasteiger partial charge in [0.15, 0.2) is 11.6 Å². The lowest BCUT2D eigenvalue weighted by molar-refractivity contribution is -0.140. The molecule has 0 spiro atoms. The summed E-state index contributed by atoms with van der Waals surface area (Å²) in [4.78, 5) is 39.1. The van der Waals surface area contributed by atoms with E-state index in [9.17, 15) is 23.2 Å². The topological polar surface area (TPSA) is 84.9 Å². The Morgan fingerprint density at radius 1 is 1.17 bits per heavy atom. The standard InChI is InChI=1S/C19H22F2N2O5.CH4/c1-19(2,3)17(25)23-15(10-6-7-11(20)12(21)8-10)14(16(24)28-5)13(9-27-4)22-18(23)26;/h6-8,15H,9H2,1-5H3,(H,22,26);1H4/t15-;/m0./s1. The normalized spacial score (nSPS) is 16.9. The van der Waals surface area contributed by atoms with Crippen molar-refractivity contribution >= 4 is 17.9 Å². The predicted octanol–water partition coefficient (Wildman–Crippen LogP) is 3.31. The number of carbonyl (C=O) groups excluding carboxylic acids is 3. The fraction of sp³-hybridized carbons (Fsp3) is 0.450. The molecule has 0 aliphatic carbocycles. The Kier molecular flexibility index (Phi) is 7.62. The number of urea groups is 1. The average Bonchev–Trinajstić information content (AvgIpc) is 2.62. The van der Waals surface area contributed by atoms with Gasteiger partial charge in [0.05, 0.1) is 25.0 Å². The Bertz CT molecular complexity index is 846. The number of imide groups is 1. The summed E-state index contributed by atoms with van der Waals surface area (Å²) in [6.45, 7) is 4.62. The van der Waals surface area contributed by atoms with E-state index >= 15 is 0 Å². The SMILES string of the molecule is C.COCC1=C(C(=O)OC)[C@H](c2ccc(F)c(F)c2)N(C(=O)C(C)(C)C)C(=O)N1. The van der Waals surface area contributed by atoms with E-state index in [0.717, 1.165) is 24.1 Å². The van der Waals surface area contributed by atoms with Crippen LogP contribution in [0, 0.1) is 17.0 Å². The van der Waals surface area contributed by atoms with Crippen molar-refractivity contribution in [2.24, 2.45) is 5.41 Å². The third-order valence-corrected chi connectivity index (χ3v) is 4.15. The molecule has 3 amide bonds. The molecule has 9 heteroatoms. The van der Waals surface area contributed by atoms with Gasteiger partial charge in [0.1, 0.15) is 6.04 Å². The van der Waals surface area contributed by atoms with Gasteiger partial charge >= 0.3 is 12.0 Å². The maximum atomic E-state index is 13.9. The van der Waals surface area contributed by atoms with Crippen LogP contribution in [0.5, 0.6) is 0 Å². The summed E-state index contributed by atoms with van der Waals surface area (Å²) in [5.74, 6) is -3.73. The molecule has 0 unspecified atom stereocenters. The van der Waals surface area contributed by atoms with Crippen molar-refractivity contribution < 1.29 is 32.6 Å². The second-order valence-corrected chi connectivity index (χ2v) is 7.25. The van der Waals surface area contributed by atoms with E-state index in [2.05, 4.69) is 5.32 Å². The van der Waals surface area contributed by atoms with Crippen LogP contribution in [0.4, 0.5) is 13.6 Å². The number of hydrogen-bond acceptors (Lipinski definition) is 5. The molecule has 1 N–H and O–H groups in total. The molecule has 1 heterocycles. The minimum absolute atomic E-state index is 0. The number of ether oxygens (including phenoxy) is 2. The molecule has 1 atom stereocenters. The molecule has 0 saturated carbocycles. The van der Waals surface area contributed by atoms with E-state index < -0.39 is 41.0 Å². The highest BCUT2D eigenvalue weighted by Gasteiger charge is 2.45. The van der Waals surface area contributed by atoms with Crippen molar-refractivity contribution in [3.05, 3.63) is 46.7 Å². The molecule has 0 aromatic heterocycles. The molecule has 7 nitrogen and oxygen atoms in total. The van der Waals surface area contributed by atoms with Crippen LogP contribution >= 0.6 is 0 Å². The van der Waals surface area contributed by atoms with Crippen LogP contribution in [-0.2, 0) is 19.1 Å². The van der Waals surface area contributed by atoms with Gasteiger partial charge in [-0.2, -0.15) is 0 Å². The van der Waals surface area contributed by atoms with Gasteiger partial charge in [-0.05, 0) is 17.7 Å². The van der Waals surface area contributed by atoms with Gasteiger partial charge in [0.25, 0.3) is 0 Å². The van der Waals surface area contributed by atoms with Crippen LogP contribution in [0.15, 0.2) is 29.5 Å². The van der Waals surface area contributed by atoms with Crippen LogP contribution in [0.3, 0.4) is 0 Å². The van der Waals surface area contributed by atoms with Crippen LogP contribution in [0.25, 0.3) is 0 Å². The third-order valence-electron chi connectivity index (χ3n) is 4.15. The molecule has 1 aromatic carbocycles. The van der Waals surface area contributed by atoms with E-state index in [-0.39, 0.29) is 30.9 Å². The smallest absolute Gasteiger partial charge is 0.338 e. The highest BCUT2D eigenvalue weighted by atomic mass is 19.2. The Hall–Kier alpha value is -2.81. The summed E-state index contributed by atoms with van der Waals surface area (Å²) < 4.78 is 37.2. The Labute approximate surface area is 168 Å². The summed E-state index contributed by atoms with van der Waals surface area (Å²) in [7, 11) is 2.49. The molecule has 0 radical (unpaired) electrons. The lowest BCUT2D eigenvalue weighted by Gasteiger charge is -2.39. The molecule has 2 rings (SSSR count). The zero-order chi connectivity index (χ0) is 21.2. The Balaban J connectivity index is 0.00000420. The summed E-state index contributed by atoms with van der Waals surface area (Å²) in [5.41, 5.74) is -0.978. The minimum atomic E-state index is -1.31. The number of nitrogens with one attached hydrogen (secondary N) is 1. The summed E-state index contributed by atoms with van der Waals surface area (Å²) in [6, 6.07) is 0.789. The summed E-state index contributed by atoms with van der Waals surface area (Å²) in [6.07, 6.45) is 0. The van der Waals surface area contributed by atoms with E-state index in [1.807, 2.05) is 0 Å². The van der Waals surface area contributed by atoms with Crippen LogP contribution in [0.2, 0.25) is 0 Å². The zero-order valence-electron chi connectivity index (χ0n) is 16.3. The number of hydrogen-bond donors (Lipinski definition) is 1. The molecule has 0 bridgehead atoms. The number of esters is 1. The van der Waals surface area contributed by atoms with Crippen molar-refractivity contribution in [1.82, 2.24) is 10.2 Å². The number of carbonyl (C=O) groups is 3. The largest absolute Gasteiger partial charge is 0.466 e. The molecule has 29 heavy (non-hydrogen) atoms. The maximum absolute atomic E-state index is 13.9. The van der Waals surface area contributed by atoms with Crippen LogP contribution in [-0.4, -0.2) is 43.6 Å². The average molecular weight is 412 g/mol. The van der Waals surface area contributed by atoms with E-state index in [1.165, 1.54) is 13.2 Å². The van der Waals surface area contributed by atoms with Gasteiger partial charge in [-0.3, -0.25) is 9.69 Å². The van der Waals surface area contributed by atoms with E-state index in [4.69, 9.17) is 9.47 Å². The van der Waals surface area contributed by atoms with Crippen LogP contribution in [0.1, 0.15) is 39.8 Å². The fourth-order valence-corrected chi connectivity index (χ4v) is 2.84. The first-order valence-electron chi connectivity index (χ1n) is 8.42. The highest BCUT2D eigenvalue weighted by Crippen LogP contribution is 2.37. The molecule has 1 aromatic rings. The predicted molar refractivity (Wildman–Crippen MR) is 102 cm³/mol. The van der Waals surface area contributed by atoms with Crippen molar-refractivity contribution in [3.63, 3.8) is 0 Å². The number of rotatable bonds is 4. The monoisotopic (exact) mass is 412 g/mol. The quantitative estimate of drug-likeness (QED) is 0.767. The highest BCUT2D eigenvalue weighted by molar-refractivity contribution is 6.03. The number of methoxy groups -OCH3 is 2. The first kappa shape index (κ1) is 24.2. The van der Waals surface area contributed by atoms with Crippen molar-refractivity contribution in [3.8, 4) is 0 Å². The summed E-state index contributed by atoms with van der Waals surface area (Å²) >= 11 is 0. The molecular formula is C20H26F2N2O5. The number of amides is 3. The minimum Gasteiger partial charge on any atom is -0.466 e. The molecule has 1 aliphatic heterocycles. The lowest BCUT2D eigenvalue weighted by atomic mass is 9.88. The first-order valence-corrected chi connectivity index (χ1v) is 8.42. The molecule has 160 valence electrons. The summed E-state index contributed by atoms with van der Waals surface area (Å²) in [5, 5.41) is 2.46. The number of benzene rings is 1. The lowest BCUT2D eigenvalue weighted by Crippen LogP contribution is -2.55. The Morgan fingerprint density at radius 3 is 2.28 bits per heavy atom. The van der Waals surface area contributed by atoms with E-state index in [0.29, 0.717) is 0 Å². The van der Waals surface area contributed by atoms with Crippen molar-refractivity contribution in [1.29, 1.82) is 0 Å². The van der Waals surface area contributed by atoms with Gasteiger partial charge in [0, 0.05) is 12.5 Å². The molecule has 0 saturated heterocycles. The van der Waals surface area contributed by atoms with Gasteiger partial charge in [-0.15, -0.1) is 0 Å². The molecule has 0 fully saturated rings. The van der Waals surface area contributed by atoms with Gasteiger partial charge in [-0.25, -0.2) is 18.4 Å². The third kappa shape index (κ3) is 4.79. The first-order chi connectivity index (χ1) is 13.0. The van der Waals surface area contributed by atoms with Crippen molar-refractivity contribution in [2.75, 3.05) is 20.8 Å². The second-order valence-electron chi connectivity index (χ2n) is 7.25. The number of halogens is 2. The second kappa shape index (κ2) is 9.13.